The molecular weight excluding hydrogens is 473 g/mol. The molecule has 1 aliphatic heterocycles. The number of piperazine rings is 1. The van der Waals surface area contributed by atoms with Gasteiger partial charge in [0, 0.05) is 33.6 Å². The summed E-state index contributed by atoms with van der Waals surface area (Å²) in [5.41, 5.74) is 1.03. The first kappa shape index (κ1) is 17.3. The monoisotopic (exact) mass is 486 g/mol. The van der Waals surface area contributed by atoms with Crippen molar-refractivity contribution in [1.82, 2.24) is 10.2 Å². The van der Waals surface area contributed by atoms with Crippen molar-refractivity contribution in [2.75, 3.05) is 7.05 Å². The average Bonchev–Trinajstić information content (AvgIpc) is 2.42. The molecule has 1 radical (unpaired) electrons. The minimum absolute atomic E-state index is 0. The Morgan fingerprint density at radius 1 is 1.35 bits per heavy atom. The number of rotatable bonds is 3. The maximum atomic E-state index is 12.3. The van der Waals surface area contributed by atoms with Crippen LogP contribution in [-0.2, 0) is 47.8 Å². The van der Waals surface area contributed by atoms with Crippen LogP contribution in [0.15, 0.2) is 42.6 Å². The number of nitrogens with zero attached hydrogens (tertiary/aromatic N) is 1. The third kappa shape index (κ3) is 2.96. The van der Waals surface area contributed by atoms with Crippen molar-refractivity contribution in [3.05, 3.63) is 48.2 Å². The van der Waals surface area contributed by atoms with Gasteiger partial charge in [-0.15, -0.1) is 0 Å². The Morgan fingerprint density at radius 2 is 1.95 bits per heavy atom. The van der Waals surface area contributed by atoms with Crippen LogP contribution in [0.25, 0.3) is 0 Å². The number of amides is 2. The first-order chi connectivity index (χ1) is 9.01. The van der Waals surface area contributed by atoms with Crippen molar-refractivity contribution in [3.63, 3.8) is 0 Å². The van der Waals surface area contributed by atoms with Gasteiger partial charge in [0.2, 0.25) is 0 Å². The van der Waals surface area contributed by atoms with Gasteiger partial charge in [-0.1, -0.05) is 36.9 Å². The zero-order valence-electron chi connectivity index (χ0n) is 10.7. The molecule has 1 atom stereocenters. The van der Waals surface area contributed by atoms with Crippen LogP contribution in [0.1, 0.15) is 5.56 Å². The molecule has 0 spiro atoms. The van der Waals surface area contributed by atoms with Crippen molar-refractivity contribution in [2.24, 2.45) is 0 Å². The summed E-state index contributed by atoms with van der Waals surface area (Å²) >= 11 is 5.06. The van der Waals surface area contributed by atoms with Gasteiger partial charge in [0.15, 0.2) is 0 Å². The van der Waals surface area contributed by atoms with Crippen molar-refractivity contribution in [2.45, 2.75) is 11.3 Å². The van der Waals surface area contributed by atoms with E-state index in [0.717, 1.165) is 16.4 Å². The molecule has 1 saturated heterocycles. The van der Waals surface area contributed by atoms with E-state index >= 15 is 0 Å². The Balaban J connectivity index is 0.00000200. The number of nitrogens with one attached hydrogen (secondary N) is 1. The van der Waals surface area contributed by atoms with E-state index < -0.39 is 4.87 Å². The molecule has 1 unspecified atom stereocenters. The van der Waals surface area contributed by atoms with Crippen LogP contribution in [0.5, 0.6) is 0 Å². The fraction of sp³-hybridized carbons (Fsp3) is 0.231. The standard InChI is InChI=1S/C13H14N2O2S2.Ir/c1-9-11(16)15(2)13(19-18,12(17)14-9)8-10-6-4-3-5-7-10;/h3-7,18H,1,8H2,2H3,(H,14,17);/p-1. The van der Waals surface area contributed by atoms with E-state index in [1.54, 1.807) is 7.05 Å². The van der Waals surface area contributed by atoms with Crippen molar-refractivity contribution in [1.29, 1.82) is 0 Å². The van der Waals surface area contributed by atoms with E-state index in [1.807, 2.05) is 30.3 Å². The summed E-state index contributed by atoms with van der Waals surface area (Å²) in [5.74, 6) is -0.615. The fourth-order valence-electron chi connectivity index (χ4n) is 2.00. The molecule has 0 saturated carbocycles. The molecule has 1 fully saturated rings. The fourth-order valence-corrected chi connectivity index (χ4v) is 3.29. The van der Waals surface area contributed by atoms with E-state index in [4.69, 9.17) is 11.7 Å². The molecule has 1 aromatic carbocycles. The van der Waals surface area contributed by atoms with Gasteiger partial charge in [0.1, 0.15) is 4.87 Å². The number of carbonyl (C=O) groups excluding carboxylic acids is 2. The molecule has 1 aliphatic rings. The molecule has 20 heavy (non-hydrogen) atoms. The number of carbonyl (C=O) groups is 2. The third-order valence-electron chi connectivity index (χ3n) is 3.15. The predicted molar refractivity (Wildman–Crippen MR) is 77.9 cm³/mol. The van der Waals surface area contributed by atoms with Crippen LogP contribution < -0.4 is 5.32 Å². The van der Waals surface area contributed by atoms with Gasteiger partial charge in [0.25, 0.3) is 11.8 Å². The summed E-state index contributed by atoms with van der Waals surface area (Å²) in [6.07, 6.45) is 0.364. The minimum atomic E-state index is -1.10. The zero-order chi connectivity index (χ0) is 14.0. The van der Waals surface area contributed by atoms with Crippen LogP contribution in [0.4, 0.5) is 0 Å². The molecular formula is C13H13IrN2O2S2-. The maximum Gasteiger partial charge on any atom is 0.270 e. The van der Waals surface area contributed by atoms with Gasteiger partial charge in [-0.25, -0.2) is 0 Å². The van der Waals surface area contributed by atoms with Gasteiger partial charge in [-0.3, -0.25) is 20.4 Å². The van der Waals surface area contributed by atoms with E-state index in [2.05, 4.69) is 11.9 Å². The Kier molecular flexibility index (Phi) is 5.89. The molecule has 109 valence electrons. The largest absolute Gasteiger partial charge is 0.716 e. The first-order valence-electron chi connectivity index (χ1n) is 5.64. The van der Waals surface area contributed by atoms with Gasteiger partial charge < -0.3 is 21.9 Å². The molecule has 0 aromatic heterocycles. The second-order valence-electron chi connectivity index (χ2n) is 4.33. The van der Waals surface area contributed by atoms with Crippen molar-refractivity contribution in [3.8, 4) is 0 Å². The molecule has 1 N–H and O–H groups in total. The number of benzene rings is 1. The summed E-state index contributed by atoms with van der Waals surface area (Å²) in [6.45, 7) is 3.54. The summed E-state index contributed by atoms with van der Waals surface area (Å²) in [6, 6.07) is 9.48. The minimum Gasteiger partial charge on any atom is -0.716 e. The normalized spacial score (nSPS) is 22.3. The van der Waals surface area contributed by atoms with Crippen LogP contribution in [0, 0.1) is 0 Å². The molecule has 0 bridgehead atoms. The van der Waals surface area contributed by atoms with Gasteiger partial charge in [-0.05, 0) is 5.56 Å². The summed E-state index contributed by atoms with van der Waals surface area (Å²) in [4.78, 5) is 24.5. The quantitative estimate of drug-likeness (QED) is 0.398. The van der Waals surface area contributed by atoms with Crippen LogP contribution >= 0.6 is 10.8 Å². The molecule has 1 heterocycles. The Bertz CT molecular complexity index is 538. The molecule has 7 heteroatoms. The molecule has 0 aliphatic carbocycles. The van der Waals surface area contributed by atoms with Gasteiger partial charge in [-0.2, -0.15) is 0 Å². The number of hydrogen-bond donors (Lipinski definition) is 1. The molecule has 1 aromatic rings. The van der Waals surface area contributed by atoms with Crippen molar-refractivity contribution >= 4 is 34.3 Å². The summed E-state index contributed by atoms with van der Waals surface area (Å²) in [7, 11) is 2.52. The van der Waals surface area contributed by atoms with E-state index in [1.165, 1.54) is 4.90 Å². The molecule has 2 amide bonds. The predicted octanol–water partition coefficient (Wildman–Crippen LogP) is 1.22. The number of likely N-dealkylation sites (N-methyl/N-ethyl adjacent to an activating group) is 1. The Morgan fingerprint density at radius 3 is 2.50 bits per heavy atom. The summed E-state index contributed by atoms with van der Waals surface area (Å²) < 4.78 is 0. The smallest absolute Gasteiger partial charge is 0.270 e. The Hall–Kier alpha value is -0.751. The first-order valence-corrected chi connectivity index (χ1v) is 7.39. The average molecular weight is 486 g/mol. The van der Waals surface area contributed by atoms with Gasteiger partial charge >= 0.3 is 0 Å². The SMILES string of the molecule is C=C1NC(=O)C(Cc2ccccc2)(S[S-])N(C)C1=O.[Ir]. The topological polar surface area (TPSA) is 49.4 Å². The third-order valence-corrected chi connectivity index (χ3v) is 4.85. The zero-order valence-corrected chi connectivity index (χ0v) is 14.7. The van der Waals surface area contributed by atoms with E-state index in [0.29, 0.717) is 6.42 Å². The van der Waals surface area contributed by atoms with E-state index in [-0.39, 0.29) is 37.6 Å². The molecule has 4 nitrogen and oxygen atoms in total. The van der Waals surface area contributed by atoms with E-state index in [9.17, 15) is 9.59 Å². The molecule has 2 rings (SSSR count). The van der Waals surface area contributed by atoms with Crippen LogP contribution in [0.2, 0.25) is 0 Å². The van der Waals surface area contributed by atoms with Gasteiger partial charge in [0.05, 0.1) is 5.70 Å². The number of hydrogen-bond acceptors (Lipinski definition) is 4. The Labute approximate surface area is 140 Å². The summed E-state index contributed by atoms with van der Waals surface area (Å²) in [5, 5.41) is 2.51. The van der Waals surface area contributed by atoms with Crippen LogP contribution in [0.3, 0.4) is 0 Å². The van der Waals surface area contributed by atoms with Crippen LogP contribution in [-0.4, -0.2) is 28.6 Å². The second kappa shape index (κ2) is 6.80. The van der Waals surface area contributed by atoms with Crippen molar-refractivity contribution < 1.29 is 29.7 Å². The maximum absolute atomic E-state index is 12.3. The second-order valence-corrected chi connectivity index (χ2v) is 5.67.